The normalized spacial score (nSPS) is 11.8. The molecule has 0 atom stereocenters. The van der Waals surface area contributed by atoms with Gasteiger partial charge in [-0.15, -0.1) is 11.3 Å². The fourth-order valence-electron chi connectivity index (χ4n) is 4.66. The average Bonchev–Trinajstić information content (AvgIpc) is 3.56. The lowest BCUT2D eigenvalue weighted by Gasteiger charge is -2.10. The van der Waals surface area contributed by atoms with Crippen molar-refractivity contribution in [3.05, 3.63) is 90.6 Å². The molecular formula is C29H27N7O2S2. The molecule has 0 radical (unpaired) electrons. The van der Waals surface area contributed by atoms with Crippen LogP contribution in [0.3, 0.4) is 0 Å². The van der Waals surface area contributed by atoms with Crippen LogP contribution in [-0.2, 0) is 10.0 Å². The van der Waals surface area contributed by atoms with Gasteiger partial charge in [0.15, 0.2) is 4.96 Å². The molecule has 3 aromatic heterocycles. The molecule has 0 spiro atoms. The number of benzene rings is 3. The third kappa shape index (κ3) is 5.26. The molecule has 4 N–H and O–H groups in total. The quantitative estimate of drug-likeness (QED) is 0.148. The second kappa shape index (κ2) is 11.0. The van der Waals surface area contributed by atoms with Crippen molar-refractivity contribution >= 4 is 48.7 Å². The minimum atomic E-state index is -3.61. The maximum atomic E-state index is 12.9. The molecule has 0 fully saturated rings. The molecule has 3 aromatic carbocycles. The van der Waals surface area contributed by atoms with Gasteiger partial charge in [-0.2, -0.15) is 0 Å². The summed E-state index contributed by atoms with van der Waals surface area (Å²) in [5, 5.41) is 6.87. The molecule has 40 heavy (non-hydrogen) atoms. The Bertz CT molecular complexity index is 1910. The van der Waals surface area contributed by atoms with Crippen molar-refractivity contribution in [2.75, 3.05) is 24.1 Å². The minimum Gasteiger partial charge on any atom is -0.399 e. The van der Waals surface area contributed by atoms with E-state index in [0.29, 0.717) is 41.4 Å². The Balaban J connectivity index is 1.10. The maximum absolute atomic E-state index is 12.9. The van der Waals surface area contributed by atoms with Crippen LogP contribution in [0.1, 0.15) is 12.8 Å². The summed E-state index contributed by atoms with van der Waals surface area (Å²) in [6.07, 6.45) is 5.10. The number of nitrogens with zero attached hydrogens (tertiary/aromatic N) is 4. The van der Waals surface area contributed by atoms with Gasteiger partial charge in [0, 0.05) is 47.5 Å². The van der Waals surface area contributed by atoms with E-state index in [4.69, 9.17) is 15.7 Å². The second-order valence-electron chi connectivity index (χ2n) is 9.26. The molecule has 0 saturated carbocycles. The Morgan fingerprint density at radius 2 is 1.75 bits per heavy atom. The van der Waals surface area contributed by atoms with E-state index >= 15 is 0 Å². The smallest absolute Gasteiger partial charge is 0.241 e. The first-order valence-corrected chi connectivity index (χ1v) is 15.2. The summed E-state index contributed by atoms with van der Waals surface area (Å²) in [5.41, 5.74) is 10.0. The molecule has 202 valence electrons. The number of unbranched alkanes of at least 4 members (excludes halogenated alkanes) is 1. The van der Waals surface area contributed by atoms with Crippen molar-refractivity contribution in [1.82, 2.24) is 24.1 Å². The van der Waals surface area contributed by atoms with Crippen LogP contribution < -0.4 is 15.8 Å². The molecule has 0 saturated heterocycles. The van der Waals surface area contributed by atoms with Crippen LogP contribution in [0, 0.1) is 0 Å². The van der Waals surface area contributed by atoms with Crippen LogP contribution in [0.2, 0.25) is 0 Å². The van der Waals surface area contributed by atoms with E-state index in [1.807, 2.05) is 76.6 Å². The Kier molecular flexibility index (Phi) is 7.16. The predicted molar refractivity (Wildman–Crippen MR) is 161 cm³/mol. The van der Waals surface area contributed by atoms with E-state index in [2.05, 4.69) is 15.0 Å². The molecule has 0 aliphatic carbocycles. The van der Waals surface area contributed by atoms with Crippen molar-refractivity contribution in [3.63, 3.8) is 0 Å². The zero-order chi connectivity index (χ0) is 27.5. The molecular weight excluding hydrogens is 543 g/mol. The summed E-state index contributed by atoms with van der Waals surface area (Å²) in [5.74, 6) is 0.498. The molecule has 6 rings (SSSR count). The summed E-state index contributed by atoms with van der Waals surface area (Å²) in [6.45, 7) is 0.936. The highest BCUT2D eigenvalue weighted by molar-refractivity contribution is 7.89. The predicted octanol–water partition coefficient (Wildman–Crippen LogP) is 5.43. The summed E-state index contributed by atoms with van der Waals surface area (Å²) in [4.78, 5) is 15.1. The zero-order valence-corrected chi connectivity index (χ0v) is 23.1. The van der Waals surface area contributed by atoms with Crippen LogP contribution in [0.4, 0.5) is 11.6 Å². The average molecular weight is 570 g/mol. The van der Waals surface area contributed by atoms with Gasteiger partial charge in [-0.1, -0.05) is 48.5 Å². The number of sulfonamides is 1. The van der Waals surface area contributed by atoms with Crippen molar-refractivity contribution in [2.45, 2.75) is 17.7 Å². The van der Waals surface area contributed by atoms with Gasteiger partial charge in [-0.25, -0.2) is 28.1 Å². The minimum absolute atomic E-state index is 0.297. The number of thiazole rings is 1. The second-order valence-corrected chi connectivity index (χ2v) is 11.9. The number of nitrogen functional groups attached to an aromatic ring is 1. The molecule has 0 aliphatic heterocycles. The van der Waals surface area contributed by atoms with Gasteiger partial charge >= 0.3 is 0 Å². The van der Waals surface area contributed by atoms with Crippen LogP contribution in [-0.4, -0.2) is 40.9 Å². The summed E-state index contributed by atoms with van der Waals surface area (Å²) >= 11 is 1.55. The van der Waals surface area contributed by atoms with E-state index in [0.717, 1.165) is 39.4 Å². The van der Waals surface area contributed by atoms with Crippen LogP contribution in [0.25, 0.3) is 38.4 Å². The van der Waals surface area contributed by atoms with Crippen LogP contribution in [0.5, 0.6) is 0 Å². The number of imidazole rings is 1. The van der Waals surface area contributed by atoms with Crippen LogP contribution >= 0.6 is 11.3 Å². The Hall–Kier alpha value is -4.32. The van der Waals surface area contributed by atoms with Crippen molar-refractivity contribution in [1.29, 1.82) is 0 Å². The Morgan fingerprint density at radius 3 is 2.65 bits per heavy atom. The molecule has 0 amide bonds. The summed E-state index contributed by atoms with van der Waals surface area (Å²) in [6, 6.07) is 22.3. The van der Waals surface area contributed by atoms with Gasteiger partial charge in [0.25, 0.3) is 0 Å². The van der Waals surface area contributed by atoms with E-state index in [1.165, 1.54) is 0 Å². The van der Waals surface area contributed by atoms with E-state index in [-0.39, 0.29) is 0 Å². The first-order valence-electron chi connectivity index (χ1n) is 12.9. The number of nitrogens with one attached hydrogen (secondary N) is 2. The lowest BCUT2D eigenvalue weighted by Crippen LogP contribution is -2.25. The summed E-state index contributed by atoms with van der Waals surface area (Å²) in [7, 11) is -3.61. The monoisotopic (exact) mass is 569 g/mol. The standard InChI is InChI=1S/C29H27N7O2S2/c30-22-10-5-9-21(19-22)26-27(36-17-18-39-29(36)35-26)24-13-16-32-28(34-24)31-14-3-4-15-33-40(37,38)25-12-6-8-20-7-1-2-11-23(20)25/h1-2,5-13,16-19,33H,3-4,14-15,30H2,(H,31,32,34). The van der Waals surface area contributed by atoms with Crippen molar-refractivity contribution in [2.24, 2.45) is 0 Å². The first kappa shape index (κ1) is 25.9. The largest absolute Gasteiger partial charge is 0.399 e. The molecule has 0 unspecified atom stereocenters. The van der Waals surface area contributed by atoms with Gasteiger partial charge in [0.1, 0.15) is 5.69 Å². The highest BCUT2D eigenvalue weighted by Gasteiger charge is 2.19. The topological polar surface area (TPSA) is 127 Å². The number of hydrogen-bond acceptors (Lipinski definition) is 8. The third-order valence-electron chi connectivity index (χ3n) is 6.54. The lowest BCUT2D eigenvalue weighted by atomic mass is 10.1. The van der Waals surface area contributed by atoms with Crippen molar-refractivity contribution < 1.29 is 8.42 Å². The zero-order valence-electron chi connectivity index (χ0n) is 21.5. The van der Waals surface area contributed by atoms with Crippen LogP contribution in [0.15, 0.2) is 95.5 Å². The number of aromatic nitrogens is 4. The maximum Gasteiger partial charge on any atom is 0.241 e. The molecule has 6 aromatic rings. The lowest BCUT2D eigenvalue weighted by molar-refractivity contribution is 0.578. The Morgan fingerprint density at radius 1 is 0.925 bits per heavy atom. The number of nitrogens with two attached hydrogens (primary N) is 1. The highest BCUT2D eigenvalue weighted by Crippen LogP contribution is 2.34. The molecule has 9 nitrogen and oxygen atoms in total. The van der Waals surface area contributed by atoms with E-state index < -0.39 is 10.0 Å². The van der Waals surface area contributed by atoms with Gasteiger partial charge < -0.3 is 11.1 Å². The number of fused-ring (bicyclic) bond motifs is 2. The number of hydrogen-bond donors (Lipinski definition) is 3. The fourth-order valence-corrected chi connectivity index (χ4v) is 6.67. The molecule has 0 aliphatic rings. The van der Waals surface area contributed by atoms with Crippen molar-refractivity contribution in [3.8, 4) is 22.6 Å². The van der Waals surface area contributed by atoms with E-state index in [1.54, 1.807) is 29.7 Å². The molecule has 3 heterocycles. The Labute approximate surface area is 235 Å². The highest BCUT2D eigenvalue weighted by atomic mass is 32.2. The first-order chi connectivity index (χ1) is 19.5. The van der Waals surface area contributed by atoms with Gasteiger partial charge in [-0.3, -0.25) is 4.40 Å². The fraction of sp³-hybridized carbons (Fsp3) is 0.138. The molecule has 0 bridgehead atoms. The SMILES string of the molecule is Nc1cccc(-c2nc3sccn3c2-c2ccnc(NCCCCNS(=O)(=O)c3cccc4ccccc34)n2)c1. The summed E-state index contributed by atoms with van der Waals surface area (Å²) < 4.78 is 30.6. The van der Waals surface area contributed by atoms with E-state index in [9.17, 15) is 8.42 Å². The third-order valence-corrected chi connectivity index (χ3v) is 8.81. The number of rotatable bonds is 10. The van der Waals surface area contributed by atoms with Gasteiger partial charge in [0.05, 0.1) is 16.3 Å². The molecule has 11 heteroatoms. The number of anilines is 2. The van der Waals surface area contributed by atoms with Gasteiger partial charge in [0.2, 0.25) is 16.0 Å². The van der Waals surface area contributed by atoms with Gasteiger partial charge in [-0.05, 0) is 42.5 Å².